The Morgan fingerprint density at radius 2 is 1.79 bits per heavy atom. The van der Waals surface area contributed by atoms with Crippen LogP contribution in [0.4, 0.5) is 5.69 Å². The normalized spacial score (nSPS) is 10.4. The third-order valence-electron chi connectivity index (χ3n) is 2.01. The van der Waals surface area contributed by atoms with E-state index in [1.165, 1.54) is 0 Å². The van der Waals surface area contributed by atoms with Crippen molar-refractivity contribution in [2.24, 2.45) is 0 Å². The summed E-state index contributed by atoms with van der Waals surface area (Å²) in [5.41, 5.74) is 7.34. The van der Waals surface area contributed by atoms with Gasteiger partial charge in [0.05, 0.1) is 5.69 Å². The van der Waals surface area contributed by atoms with Crippen LogP contribution < -0.4 is 5.73 Å². The molecule has 0 radical (unpaired) electrons. The van der Waals surface area contributed by atoms with E-state index in [0.29, 0.717) is 0 Å². The van der Waals surface area contributed by atoms with Crippen LogP contribution in [0.1, 0.15) is 11.6 Å². The third kappa shape index (κ3) is 1.46. The van der Waals surface area contributed by atoms with Gasteiger partial charge in [0.15, 0.2) is 0 Å². The first-order valence-corrected chi connectivity index (χ1v) is 4.43. The first-order chi connectivity index (χ1) is 6.66. The van der Waals surface area contributed by atoms with Crippen molar-refractivity contribution in [2.75, 3.05) is 5.73 Å². The van der Waals surface area contributed by atoms with Gasteiger partial charge < -0.3 is 5.73 Å². The van der Waals surface area contributed by atoms with Crippen LogP contribution in [0.25, 0.3) is 5.69 Å². The molecule has 0 bridgehead atoms. The molecule has 0 atom stereocenters. The highest BCUT2D eigenvalue weighted by Crippen LogP contribution is 2.11. The SMILES string of the molecule is Cc1nc(C)n(-c2ccc(N)cc2)n1. The van der Waals surface area contributed by atoms with Crippen LogP contribution in [0.2, 0.25) is 0 Å². The van der Waals surface area contributed by atoms with E-state index in [1.807, 2.05) is 38.1 Å². The molecule has 4 heteroatoms. The molecule has 2 N–H and O–H groups in total. The lowest BCUT2D eigenvalue weighted by Gasteiger charge is -2.02. The Morgan fingerprint density at radius 1 is 1.14 bits per heavy atom. The molecule has 2 aromatic rings. The zero-order valence-electron chi connectivity index (χ0n) is 8.23. The zero-order valence-corrected chi connectivity index (χ0v) is 8.23. The predicted molar refractivity (Wildman–Crippen MR) is 55.2 cm³/mol. The Labute approximate surface area is 82.4 Å². The molecule has 0 saturated carbocycles. The molecule has 0 amide bonds. The van der Waals surface area contributed by atoms with Crippen molar-refractivity contribution in [2.45, 2.75) is 13.8 Å². The molecule has 1 aromatic heterocycles. The highest BCUT2D eigenvalue weighted by Gasteiger charge is 2.03. The molecule has 72 valence electrons. The molecule has 0 aliphatic heterocycles. The van der Waals surface area contributed by atoms with Gasteiger partial charge in [-0.3, -0.25) is 0 Å². The van der Waals surface area contributed by atoms with Gasteiger partial charge in [0.25, 0.3) is 0 Å². The highest BCUT2D eigenvalue weighted by molar-refractivity contribution is 5.44. The molecule has 2 rings (SSSR count). The van der Waals surface area contributed by atoms with Crippen LogP contribution in [-0.2, 0) is 0 Å². The fourth-order valence-electron chi connectivity index (χ4n) is 1.38. The maximum Gasteiger partial charge on any atom is 0.148 e. The van der Waals surface area contributed by atoms with Crippen LogP contribution in [0, 0.1) is 13.8 Å². The first-order valence-electron chi connectivity index (χ1n) is 4.43. The van der Waals surface area contributed by atoms with Crippen molar-refractivity contribution in [1.82, 2.24) is 14.8 Å². The summed E-state index contributed by atoms with van der Waals surface area (Å²) in [6.45, 7) is 3.80. The monoisotopic (exact) mass is 188 g/mol. The second kappa shape index (κ2) is 3.14. The number of nitrogen functional groups attached to an aromatic ring is 1. The summed E-state index contributed by atoms with van der Waals surface area (Å²) in [4.78, 5) is 4.23. The van der Waals surface area contributed by atoms with Crippen LogP contribution >= 0.6 is 0 Å². The van der Waals surface area contributed by atoms with Crippen molar-refractivity contribution in [3.05, 3.63) is 35.9 Å². The fraction of sp³-hybridized carbons (Fsp3) is 0.200. The number of nitrogens with two attached hydrogens (primary N) is 1. The van der Waals surface area contributed by atoms with E-state index in [2.05, 4.69) is 10.1 Å². The first kappa shape index (κ1) is 8.74. The lowest BCUT2D eigenvalue weighted by molar-refractivity contribution is 0.831. The molecule has 0 saturated heterocycles. The third-order valence-corrected chi connectivity index (χ3v) is 2.01. The van der Waals surface area contributed by atoms with E-state index < -0.39 is 0 Å². The van der Waals surface area contributed by atoms with Crippen molar-refractivity contribution in [1.29, 1.82) is 0 Å². The molecule has 1 heterocycles. The number of hydrogen-bond acceptors (Lipinski definition) is 3. The smallest absolute Gasteiger partial charge is 0.148 e. The summed E-state index contributed by atoms with van der Waals surface area (Å²) >= 11 is 0. The Hall–Kier alpha value is -1.84. The fourth-order valence-corrected chi connectivity index (χ4v) is 1.38. The highest BCUT2D eigenvalue weighted by atomic mass is 15.3. The van der Waals surface area contributed by atoms with Crippen LogP contribution in [0.3, 0.4) is 0 Å². The average molecular weight is 188 g/mol. The van der Waals surface area contributed by atoms with E-state index in [-0.39, 0.29) is 0 Å². The molecule has 14 heavy (non-hydrogen) atoms. The Morgan fingerprint density at radius 3 is 2.29 bits per heavy atom. The molecule has 0 unspecified atom stereocenters. The number of rotatable bonds is 1. The summed E-state index contributed by atoms with van der Waals surface area (Å²) < 4.78 is 1.80. The molecule has 1 aromatic carbocycles. The minimum Gasteiger partial charge on any atom is -0.399 e. The quantitative estimate of drug-likeness (QED) is 0.689. The van der Waals surface area contributed by atoms with Gasteiger partial charge in [-0.25, -0.2) is 9.67 Å². The van der Waals surface area contributed by atoms with Gasteiger partial charge in [0, 0.05) is 5.69 Å². The van der Waals surface area contributed by atoms with E-state index in [1.54, 1.807) is 4.68 Å². The molecule has 4 nitrogen and oxygen atoms in total. The molecular formula is C10H12N4. The summed E-state index contributed by atoms with van der Waals surface area (Å²) in [5, 5.41) is 4.27. The van der Waals surface area contributed by atoms with Gasteiger partial charge in [-0.15, -0.1) is 0 Å². The Balaban J connectivity index is 2.49. The summed E-state index contributed by atoms with van der Waals surface area (Å²) in [7, 11) is 0. The number of aryl methyl sites for hydroxylation is 2. The van der Waals surface area contributed by atoms with E-state index in [9.17, 15) is 0 Å². The number of hydrogen-bond donors (Lipinski definition) is 1. The molecule has 0 fully saturated rings. The van der Waals surface area contributed by atoms with E-state index >= 15 is 0 Å². The van der Waals surface area contributed by atoms with Gasteiger partial charge >= 0.3 is 0 Å². The van der Waals surface area contributed by atoms with Crippen molar-refractivity contribution >= 4 is 5.69 Å². The Kier molecular flexibility index (Phi) is 1.96. The maximum absolute atomic E-state index is 5.60. The van der Waals surface area contributed by atoms with Crippen molar-refractivity contribution in [3.63, 3.8) is 0 Å². The predicted octanol–water partition coefficient (Wildman–Crippen LogP) is 1.47. The zero-order chi connectivity index (χ0) is 10.1. The largest absolute Gasteiger partial charge is 0.399 e. The van der Waals surface area contributed by atoms with Gasteiger partial charge in [-0.2, -0.15) is 5.10 Å². The van der Waals surface area contributed by atoms with E-state index in [4.69, 9.17) is 5.73 Å². The summed E-state index contributed by atoms with van der Waals surface area (Å²) in [5.74, 6) is 1.66. The van der Waals surface area contributed by atoms with Gasteiger partial charge in [-0.05, 0) is 38.1 Å². The Bertz CT molecular complexity index is 442. The van der Waals surface area contributed by atoms with Crippen LogP contribution in [0.15, 0.2) is 24.3 Å². The van der Waals surface area contributed by atoms with Gasteiger partial charge in [0.1, 0.15) is 11.6 Å². The van der Waals surface area contributed by atoms with Crippen LogP contribution in [-0.4, -0.2) is 14.8 Å². The number of benzene rings is 1. The second-order valence-corrected chi connectivity index (χ2v) is 3.21. The van der Waals surface area contributed by atoms with E-state index in [0.717, 1.165) is 23.0 Å². The minimum atomic E-state index is 0.753. The van der Waals surface area contributed by atoms with Crippen LogP contribution in [0.5, 0.6) is 0 Å². The van der Waals surface area contributed by atoms with Gasteiger partial charge in [0.2, 0.25) is 0 Å². The number of anilines is 1. The maximum atomic E-state index is 5.60. The lowest BCUT2D eigenvalue weighted by atomic mass is 10.3. The van der Waals surface area contributed by atoms with Crippen molar-refractivity contribution < 1.29 is 0 Å². The topological polar surface area (TPSA) is 56.7 Å². The second-order valence-electron chi connectivity index (χ2n) is 3.21. The van der Waals surface area contributed by atoms with Gasteiger partial charge in [-0.1, -0.05) is 0 Å². The number of aromatic nitrogens is 3. The number of nitrogens with zero attached hydrogens (tertiary/aromatic N) is 3. The molecule has 0 spiro atoms. The summed E-state index contributed by atoms with van der Waals surface area (Å²) in [6.07, 6.45) is 0. The lowest BCUT2D eigenvalue weighted by Crippen LogP contribution is -1.99. The molecule has 0 aliphatic carbocycles. The average Bonchev–Trinajstić information content (AvgIpc) is 2.47. The molecular weight excluding hydrogens is 176 g/mol. The minimum absolute atomic E-state index is 0.753. The standard InChI is InChI=1S/C10H12N4/c1-7-12-8(2)14(13-7)10-5-3-9(11)4-6-10/h3-6H,11H2,1-2H3. The summed E-state index contributed by atoms with van der Waals surface area (Å²) in [6, 6.07) is 7.56. The van der Waals surface area contributed by atoms with Crippen molar-refractivity contribution in [3.8, 4) is 5.69 Å². The molecule has 0 aliphatic rings.